The van der Waals surface area contributed by atoms with Gasteiger partial charge < -0.3 is 22.1 Å². The molecule has 0 radical (unpaired) electrons. The highest BCUT2D eigenvalue weighted by Gasteiger charge is 2.25. The standard InChI is InChI=1S/C11H10N2O.BrH/c14-10-6-3-7-13-9-5-2-1-4-8(9)12-11(10)13;/h1-5,7,10,14H,6H2;1H. The molecular formula is C11H11BrN2O. The summed E-state index contributed by atoms with van der Waals surface area (Å²) in [6.07, 6.45) is 4.26. The van der Waals surface area contributed by atoms with E-state index < -0.39 is 6.10 Å². The first-order valence-electron chi connectivity index (χ1n) is 4.73. The number of aliphatic hydroxyl groups is 1. The Balaban J connectivity index is 0.000000853. The molecule has 1 aromatic carbocycles. The summed E-state index contributed by atoms with van der Waals surface area (Å²) in [5, 5.41) is 9.76. The quantitative estimate of drug-likeness (QED) is 0.553. The van der Waals surface area contributed by atoms with Crippen molar-refractivity contribution in [3.63, 3.8) is 0 Å². The molecule has 0 spiro atoms. The van der Waals surface area contributed by atoms with Crippen LogP contribution >= 0.6 is 0 Å². The van der Waals surface area contributed by atoms with Crippen molar-refractivity contribution in [3.8, 4) is 0 Å². The first kappa shape index (κ1) is 10.4. The van der Waals surface area contributed by atoms with Crippen LogP contribution in [0.1, 0.15) is 18.3 Å². The molecule has 15 heavy (non-hydrogen) atoms. The smallest absolute Gasteiger partial charge is 0.289 e. The summed E-state index contributed by atoms with van der Waals surface area (Å²) in [5.41, 5.74) is 2.17. The summed E-state index contributed by atoms with van der Waals surface area (Å²) in [6.45, 7) is 0. The molecule has 2 aromatic rings. The van der Waals surface area contributed by atoms with E-state index in [9.17, 15) is 5.11 Å². The zero-order valence-electron chi connectivity index (χ0n) is 8.02. The lowest BCUT2D eigenvalue weighted by Crippen LogP contribution is -3.00. The minimum absolute atomic E-state index is 0. The van der Waals surface area contributed by atoms with E-state index >= 15 is 0 Å². The van der Waals surface area contributed by atoms with E-state index in [4.69, 9.17) is 0 Å². The van der Waals surface area contributed by atoms with Crippen LogP contribution in [-0.4, -0.2) is 10.1 Å². The van der Waals surface area contributed by atoms with Gasteiger partial charge in [-0.25, -0.2) is 4.98 Å². The van der Waals surface area contributed by atoms with Crippen molar-refractivity contribution < 1.29 is 26.7 Å². The maximum absolute atomic E-state index is 9.76. The fourth-order valence-corrected chi connectivity index (χ4v) is 1.93. The highest BCUT2D eigenvalue weighted by atomic mass is 79.9. The maximum atomic E-state index is 9.76. The molecule has 78 valence electrons. The number of benzene rings is 1. The molecule has 2 heterocycles. The number of imidazole rings is 1. The Morgan fingerprint density at radius 1 is 1.33 bits per heavy atom. The number of aliphatic hydroxyl groups excluding tert-OH is 1. The van der Waals surface area contributed by atoms with E-state index in [1.807, 2.05) is 41.1 Å². The van der Waals surface area contributed by atoms with E-state index in [1.54, 1.807) is 0 Å². The molecule has 0 amide bonds. The third-order valence-electron chi connectivity index (χ3n) is 2.62. The van der Waals surface area contributed by atoms with Crippen molar-refractivity contribution in [2.45, 2.75) is 12.5 Å². The Kier molecular flexibility index (Phi) is 2.63. The van der Waals surface area contributed by atoms with Gasteiger partial charge in [0.2, 0.25) is 0 Å². The molecule has 1 aliphatic heterocycles. The molecule has 0 aliphatic carbocycles. The molecule has 1 unspecified atom stereocenters. The average molecular weight is 267 g/mol. The minimum Gasteiger partial charge on any atom is -1.00 e. The topological polar surface area (TPSA) is 39.9 Å². The van der Waals surface area contributed by atoms with Crippen LogP contribution in [-0.2, 0) is 0 Å². The van der Waals surface area contributed by atoms with Gasteiger partial charge in [-0.2, -0.15) is 4.57 Å². The van der Waals surface area contributed by atoms with Crippen LogP contribution < -0.4 is 21.5 Å². The zero-order valence-corrected chi connectivity index (χ0v) is 9.61. The van der Waals surface area contributed by atoms with E-state index in [1.165, 1.54) is 0 Å². The molecule has 0 saturated carbocycles. The predicted octanol–water partition coefficient (Wildman–Crippen LogP) is -1.63. The van der Waals surface area contributed by atoms with Gasteiger partial charge in [0.15, 0.2) is 17.1 Å². The first-order valence-corrected chi connectivity index (χ1v) is 4.73. The lowest BCUT2D eigenvalue weighted by molar-refractivity contribution is -0.557. The molecule has 0 saturated heterocycles. The predicted molar refractivity (Wildman–Crippen MR) is 53.4 cm³/mol. The van der Waals surface area contributed by atoms with Crippen molar-refractivity contribution in [3.05, 3.63) is 36.2 Å². The highest BCUT2D eigenvalue weighted by molar-refractivity contribution is 5.72. The Hall–Kier alpha value is -1.13. The summed E-state index contributed by atoms with van der Waals surface area (Å²) < 4.78 is 2.00. The number of para-hydroxylation sites is 2. The Morgan fingerprint density at radius 2 is 2.13 bits per heavy atom. The van der Waals surface area contributed by atoms with Gasteiger partial charge in [-0.1, -0.05) is 12.1 Å². The number of hydrogen-bond donors (Lipinski definition) is 2. The van der Waals surface area contributed by atoms with Gasteiger partial charge in [0, 0.05) is 6.42 Å². The molecule has 2 N–H and O–H groups in total. The van der Waals surface area contributed by atoms with E-state index in [0.29, 0.717) is 6.42 Å². The van der Waals surface area contributed by atoms with Gasteiger partial charge in [0.25, 0.3) is 5.82 Å². The first-order chi connectivity index (χ1) is 6.86. The summed E-state index contributed by atoms with van der Waals surface area (Å²) in [4.78, 5) is 3.23. The number of nitrogens with one attached hydrogen (secondary N) is 1. The van der Waals surface area contributed by atoms with Crippen LogP contribution in [0.15, 0.2) is 30.3 Å². The summed E-state index contributed by atoms with van der Waals surface area (Å²) in [5.74, 6) is 0.869. The van der Waals surface area contributed by atoms with Crippen LogP contribution in [0.25, 0.3) is 17.2 Å². The molecule has 0 fully saturated rings. The van der Waals surface area contributed by atoms with Gasteiger partial charge in [-0.15, -0.1) is 0 Å². The number of H-pyrrole nitrogens is 1. The van der Waals surface area contributed by atoms with E-state index in [-0.39, 0.29) is 17.0 Å². The van der Waals surface area contributed by atoms with Crippen LogP contribution in [0.5, 0.6) is 0 Å². The van der Waals surface area contributed by atoms with Crippen molar-refractivity contribution >= 4 is 17.2 Å². The monoisotopic (exact) mass is 266 g/mol. The molecule has 1 aromatic heterocycles. The van der Waals surface area contributed by atoms with Gasteiger partial charge >= 0.3 is 0 Å². The van der Waals surface area contributed by atoms with Crippen LogP contribution in [0, 0.1) is 0 Å². The van der Waals surface area contributed by atoms with Gasteiger partial charge in [0.05, 0.1) is 6.20 Å². The van der Waals surface area contributed by atoms with E-state index in [2.05, 4.69) is 4.98 Å². The number of aromatic nitrogens is 2. The van der Waals surface area contributed by atoms with Crippen molar-refractivity contribution in [2.24, 2.45) is 0 Å². The average Bonchev–Trinajstić information content (AvgIpc) is 2.59. The Morgan fingerprint density at radius 3 is 3.00 bits per heavy atom. The SMILES string of the molecule is OC1CC=C[n+]2c1[nH]c1ccccc12.[Br-]. The third kappa shape index (κ3) is 1.50. The summed E-state index contributed by atoms with van der Waals surface area (Å²) in [7, 11) is 0. The van der Waals surface area contributed by atoms with Crippen molar-refractivity contribution in [2.75, 3.05) is 0 Å². The highest BCUT2D eigenvalue weighted by Crippen LogP contribution is 2.20. The molecular weight excluding hydrogens is 256 g/mol. The minimum atomic E-state index is -0.410. The maximum Gasteiger partial charge on any atom is 0.289 e. The number of nitrogens with zero attached hydrogens (tertiary/aromatic N) is 1. The molecule has 3 rings (SSSR count). The third-order valence-corrected chi connectivity index (χ3v) is 2.62. The zero-order chi connectivity index (χ0) is 9.54. The van der Waals surface area contributed by atoms with Gasteiger partial charge in [-0.05, 0) is 18.2 Å². The number of rotatable bonds is 0. The summed E-state index contributed by atoms with van der Waals surface area (Å²) in [6, 6.07) is 8.04. The normalized spacial score (nSPS) is 18.6. The second-order valence-electron chi connectivity index (χ2n) is 3.53. The molecule has 1 aliphatic rings. The number of hydrogen-bond acceptors (Lipinski definition) is 1. The second kappa shape index (κ2) is 3.79. The molecule has 3 nitrogen and oxygen atoms in total. The van der Waals surface area contributed by atoms with E-state index in [0.717, 1.165) is 16.9 Å². The number of aromatic amines is 1. The van der Waals surface area contributed by atoms with Crippen LogP contribution in [0.2, 0.25) is 0 Å². The number of halogens is 1. The van der Waals surface area contributed by atoms with Gasteiger partial charge in [-0.3, -0.25) is 0 Å². The lowest BCUT2D eigenvalue weighted by Gasteiger charge is -2.06. The van der Waals surface area contributed by atoms with Crippen molar-refractivity contribution in [1.29, 1.82) is 0 Å². The molecule has 4 heteroatoms. The van der Waals surface area contributed by atoms with Crippen LogP contribution in [0.3, 0.4) is 0 Å². The Bertz CT molecular complexity index is 518. The fraction of sp³-hybridized carbons (Fsp3) is 0.182. The molecule has 1 atom stereocenters. The second-order valence-corrected chi connectivity index (χ2v) is 3.53. The largest absolute Gasteiger partial charge is 1.00 e. The lowest BCUT2D eigenvalue weighted by atomic mass is 10.2. The van der Waals surface area contributed by atoms with Gasteiger partial charge in [0.1, 0.15) is 0 Å². The fourth-order valence-electron chi connectivity index (χ4n) is 1.93. The Labute approximate surface area is 97.8 Å². The van der Waals surface area contributed by atoms with Crippen LogP contribution in [0.4, 0.5) is 0 Å². The summed E-state index contributed by atoms with van der Waals surface area (Å²) >= 11 is 0. The van der Waals surface area contributed by atoms with Crippen molar-refractivity contribution in [1.82, 2.24) is 4.98 Å². The number of fused-ring (bicyclic) bond motifs is 3. The molecule has 0 bridgehead atoms.